The quantitative estimate of drug-likeness (QED) is 0.685. The Hall–Kier alpha value is -3.60. The smallest absolute Gasteiger partial charge is 0.258 e. The molecule has 0 saturated carbocycles. The number of nitrogens with zero attached hydrogens (tertiary/aromatic N) is 1. The standard InChI is InChI=1S/C25H24N2O3/c1-17-14-19-6-3-4-9-23(19)27(16-17)25(29)18-10-12-21(13-11-18)26-24(28)20-7-5-8-22(15-20)30-2/h3-13,15,17H,14,16H2,1-2H3,(H,26,28). The first-order valence-electron chi connectivity index (χ1n) is 10.0. The molecule has 2 amide bonds. The third-order valence-electron chi connectivity index (χ3n) is 5.31. The number of fused-ring (bicyclic) bond motifs is 1. The van der Waals surface area contributed by atoms with E-state index in [0.717, 1.165) is 12.1 Å². The lowest BCUT2D eigenvalue weighted by atomic mass is 9.93. The average molecular weight is 400 g/mol. The number of para-hydroxylation sites is 1. The first kappa shape index (κ1) is 19.7. The number of rotatable bonds is 4. The van der Waals surface area contributed by atoms with Gasteiger partial charge in [0.25, 0.3) is 11.8 Å². The lowest BCUT2D eigenvalue weighted by Crippen LogP contribution is -2.39. The maximum Gasteiger partial charge on any atom is 0.258 e. The topological polar surface area (TPSA) is 58.6 Å². The Morgan fingerprint density at radius 2 is 1.73 bits per heavy atom. The number of benzene rings is 3. The number of ether oxygens (including phenoxy) is 1. The van der Waals surface area contributed by atoms with Crippen molar-refractivity contribution in [2.45, 2.75) is 13.3 Å². The van der Waals surface area contributed by atoms with Crippen LogP contribution in [-0.2, 0) is 6.42 Å². The predicted molar refractivity (Wildman–Crippen MR) is 118 cm³/mol. The fourth-order valence-electron chi connectivity index (χ4n) is 3.81. The molecule has 1 atom stereocenters. The van der Waals surface area contributed by atoms with Crippen LogP contribution < -0.4 is 15.0 Å². The van der Waals surface area contributed by atoms with Crippen molar-refractivity contribution in [1.29, 1.82) is 0 Å². The molecule has 1 aliphatic heterocycles. The third-order valence-corrected chi connectivity index (χ3v) is 5.31. The van der Waals surface area contributed by atoms with Gasteiger partial charge >= 0.3 is 0 Å². The number of hydrogen-bond donors (Lipinski definition) is 1. The molecule has 5 nitrogen and oxygen atoms in total. The maximum absolute atomic E-state index is 13.2. The second-order valence-electron chi connectivity index (χ2n) is 7.62. The summed E-state index contributed by atoms with van der Waals surface area (Å²) in [6, 6.07) is 22.1. The van der Waals surface area contributed by atoms with Gasteiger partial charge in [-0.3, -0.25) is 9.59 Å². The zero-order chi connectivity index (χ0) is 21.1. The van der Waals surface area contributed by atoms with E-state index >= 15 is 0 Å². The zero-order valence-corrected chi connectivity index (χ0v) is 17.1. The van der Waals surface area contributed by atoms with E-state index in [0.29, 0.717) is 35.0 Å². The Bertz CT molecular complexity index is 1080. The molecule has 1 N–H and O–H groups in total. The third kappa shape index (κ3) is 4.06. The summed E-state index contributed by atoms with van der Waals surface area (Å²) >= 11 is 0. The highest BCUT2D eigenvalue weighted by Gasteiger charge is 2.26. The molecule has 30 heavy (non-hydrogen) atoms. The number of carbonyl (C=O) groups is 2. The van der Waals surface area contributed by atoms with Crippen LogP contribution in [0, 0.1) is 5.92 Å². The van der Waals surface area contributed by atoms with Crippen LogP contribution in [0.25, 0.3) is 0 Å². The molecule has 0 saturated heterocycles. The molecule has 0 bridgehead atoms. The molecule has 5 heteroatoms. The fourth-order valence-corrected chi connectivity index (χ4v) is 3.81. The maximum atomic E-state index is 13.2. The summed E-state index contributed by atoms with van der Waals surface area (Å²) in [5.74, 6) is 0.774. The number of amides is 2. The number of carbonyl (C=O) groups excluding carboxylic acids is 2. The van der Waals surface area contributed by atoms with Crippen LogP contribution >= 0.6 is 0 Å². The molecule has 1 heterocycles. The van der Waals surface area contributed by atoms with Gasteiger partial charge in [0.05, 0.1) is 7.11 Å². The molecule has 3 aromatic rings. The summed E-state index contributed by atoms with van der Waals surface area (Å²) in [6.45, 7) is 2.86. The van der Waals surface area contributed by atoms with Gasteiger partial charge in [0.2, 0.25) is 0 Å². The summed E-state index contributed by atoms with van der Waals surface area (Å²) in [7, 11) is 1.56. The van der Waals surface area contributed by atoms with Gasteiger partial charge in [0.1, 0.15) is 5.75 Å². The van der Waals surface area contributed by atoms with E-state index in [2.05, 4.69) is 18.3 Å². The van der Waals surface area contributed by atoms with E-state index in [-0.39, 0.29) is 11.8 Å². The largest absolute Gasteiger partial charge is 0.497 e. The molecule has 1 aliphatic rings. The molecule has 0 aromatic heterocycles. The summed E-state index contributed by atoms with van der Waals surface area (Å²) in [5, 5.41) is 2.86. The predicted octanol–water partition coefficient (Wildman–Crippen LogP) is 4.79. The van der Waals surface area contributed by atoms with Crippen molar-refractivity contribution in [3.05, 3.63) is 89.5 Å². The number of methoxy groups -OCH3 is 1. The van der Waals surface area contributed by atoms with Crippen molar-refractivity contribution in [3.8, 4) is 5.75 Å². The summed E-state index contributed by atoms with van der Waals surface area (Å²) in [5.41, 5.74) is 3.92. The minimum Gasteiger partial charge on any atom is -0.497 e. The van der Waals surface area contributed by atoms with Crippen LogP contribution in [0.1, 0.15) is 33.2 Å². The van der Waals surface area contributed by atoms with Crippen molar-refractivity contribution >= 4 is 23.2 Å². The number of hydrogen-bond acceptors (Lipinski definition) is 3. The van der Waals surface area contributed by atoms with Gasteiger partial charge in [0, 0.05) is 29.0 Å². The van der Waals surface area contributed by atoms with Gasteiger partial charge in [-0.25, -0.2) is 0 Å². The first-order chi connectivity index (χ1) is 14.5. The molecular weight excluding hydrogens is 376 g/mol. The van der Waals surface area contributed by atoms with E-state index in [1.165, 1.54) is 5.56 Å². The summed E-state index contributed by atoms with van der Waals surface area (Å²) in [4.78, 5) is 27.5. The number of nitrogens with one attached hydrogen (secondary N) is 1. The Kier molecular flexibility index (Phi) is 5.53. The van der Waals surface area contributed by atoms with Crippen LogP contribution in [0.15, 0.2) is 72.8 Å². The molecule has 152 valence electrons. The summed E-state index contributed by atoms with van der Waals surface area (Å²) < 4.78 is 5.17. The number of anilines is 2. The van der Waals surface area contributed by atoms with Crippen LogP contribution in [0.3, 0.4) is 0 Å². The van der Waals surface area contributed by atoms with Crippen molar-refractivity contribution in [3.63, 3.8) is 0 Å². The Morgan fingerprint density at radius 1 is 0.967 bits per heavy atom. The van der Waals surface area contributed by atoms with Gasteiger partial charge in [-0.05, 0) is 66.4 Å². The average Bonchev–Trinajstić information content (AvgIpc) is 2.78. The van der Waals surface area contributed by atoms with Crippen molar-refractivity contribution in [2.24, 2.45) is 5.92 Å². The highest BCUT2D eigenvalue weighted by atomic mass is 16.5. The Morgan fingerprint density at radius 3 is 2.50 bits per heavy atom. The second kappa shape index (κ2) is 8.41. The van der Waals surface area contributed by atoms with Gasteiger partial charge in [0.15, 0.2) is 0 Å². The molecule has 3 aromatic carbocycles. The van der Waals surface area contributed by atoms with Crippen molar-refractivity contribution < 1.29 is 14.3 Å². The Balaban J connectivity index is 1.50. The van der Waals surface area contributed by atoms with Crippen LogP contribution in [0.2, 0.25) is 0 Å². The molecule has 0 fully saturated rings. The monoisotopic (exact) mass is 400 g/mol. The normalized spacial score (nSPS) is 15.3. The van der Waals surface area contributed by atoms with E-state index in [1.807, 2.05) is 23.1 Å². The minimum atomic E-state index is -0.230. The van der Waals surface area contributed by atoms with Crippen LogP contribution in [-0.4, -0.2) is 25.5 Å². The van der Waals surface area contributed by atoms with E-state index in [1.54, 1.807) is 55.6 Å². The first-order valence-corrected chi connectivity index (χ1v) is 10.0. The van der Waals surface area contributed by atoms with Crippen molar-refractivity contribution in [2.75, 3.05) is 23.9 Å². The van der Waals surface area contributed by atoms with E-state index < -0.39 is 0 Å². The molecule has 1 unspecified atom stereocenters. The highest BCUT2D eigenvalue weighted by molar-refractivity contribution is 6.08. The zero-order valence-electron chi connectivity index (χ0n) is 17.1. The van der Waals surface area contributed by atoms with Gasteiger partial charge in [-0.15, -0.1) is 0 Å². The van der Waals surface area contributed by atoms with Crippen molar-refractivity contribution in [1.82, 2.24) is 0 Å². The summed E-state index contributed by atoms with van der Waals surface area (Å²) in [6.07, 6.45) is 0.981. The molecule has 0 spiro atoms. The van der Waals surface area contributed by atoms with E-state index in [9.17, 15) is 9.59 Å². The van der Waals surface area contributed by atoms with Crippen LogP contribution in [0.4, 0.5) is 11.4 Å². The highest BCUT2D eigenvalue weighted by Crippen LogP contribution is 2.30. The second-order valence-corrected chi connectivity index (χ2v) is 7.62. The SMILES string of the molecule is COc1cccc(C(=O)Nc2ccc(C(=O)N3CC(C)Cc4ccccc43)cc2)c1. The lowest BCUT2D eigenvalue weighted by molar-refractivity contribution is 0.0980. The minimum absolute atomic E-state index is 0.0281. The van der Waals surface area contributed by atoms with Gasteiger partial charge in [-0.2, -0.15) is 0 Å². The fraction of sp³-hybridized carbons (Fsp3) is 0.200. The lowest BCUT2D eigenvalue weighted by Gasteiger charge is -2.33. The molecular formula is C25H24N2O3. The molecule has 0 aliphatic carbocycles. The Labute approximate surface area is 176 Å². The van der Waals surface area contributed by atoms with Gasteiger partial charge in [-0.1, -0.05) is 31.2 Å². The van der Waals surface area contributed by atoms with Crippen LogP contribution in [0.5, 0.6) is 5.75 Å². The molecule has 0 radical (unpaired) electrons. The van der Waals surface area contributed by atoms with Gasteiger partial charge < -0.3 is 15.0 Å². The van der Waals surface area contributed by atoms with E-state index in [4.69, 9.17) is 4.74 Å². The molecule has 4 rings (SSSR count).